The second-order valence-electron chi connectivity index (χ2n) is 5.36. The number of nitro groups is 1. The number of rotatable bonds is 3. The number of hydrogen-bond donors (Lipinski definition) is 0. The standard InChI is InChI=1S/C16H10BrClFN3O3/c1-8(10-4-9(18)2-3-12(10)19)21-15-5-11(17)14(22(24)25)6-13(15)20-7-16(21)23/h2-8H,1H3/t8-/m0/s1. The number of benzene rings is 2. The molecule has 0 bridgehead atoms. The fraction of sp³-hybridized carbons (Fsp3) is 0.125. The molecule has 1 atom stereocenters. The summed E-state index contributed by atoms with van der Waals surface area (Å²) < 4.78 is 15.7. The third kappa shape index (κ3) is 3.14. The molecule has 0 aliphatic carbocycles. The van der Waals surface area contributed by atoms with Crippen molar-refractivity contribution < 1.29 is 9.31 Å². The first kappa shape index (κ1) is 17.5. The molecule has 0 fully saturated rings. The van der Waals surface area contributed by atoms with Gasteiger partial charge in [-0.2, -0.15) is 0 Å². The summed E-state index contributed by atoms with van der Waals surface area (Å²) in [5.74, 6) is -0.505. The zero-order valence-electron chi connectivity index (χ0n) is 12.7. The number of halogens is 3. The minimum atomic E-state index is -0.690. The quantitative estimate of drug-likeness (QED) is 0.457. The van der Waals surface area contributed by atoms with Gasteiger partial charge in [0.25, 0.3) is 11.2 Å². The van der Waals surface area contributed by atoms with E-state index in [2.05, 4.69) is 20.9 Å². The van der Waals surface area contributed by atoms with Crippen LogP contribution in [-0.4, -0.2) is 14.5 Å². The molecular weight excluding hydrogens is 417 g/mol. The van der Waals surface area contributed by atoms with E-state index in [1.165, 1.54) is 34.9 Å². The van der Waals surface area contributed by atoms with E-state index in [-0.39, 0.29) is 21.2 Å². The Labute approximate surface area is 154 Å². The number of aromatic nitrogens is 2. The molecule has 0 spiro atoms. The molecule has 1 aromatic heterocycles. The van der Waals surface area contributed by atoms with Crippen molar-refractivity contribution in [3.8, 4) is 0 Å². The molecule has 0 amide bonds. The Balaban J connectivity index is 2.30. The monoisotopic (exact) mass is 425 g/mol. The minimum absolute atomic E-state index is 0.174. The largest absolute Gasteiger partial charge is 0.298 e. The average molecular weight is 427 g/mol. The van der Waals surface area contributed by atoms with Crippen molar-refractivity contribution in [3.63, 3.8) is 0 Å². The van der Waals surface area contributed by atoms with Gasteiger partial charge in [0.05, 0.1) is 32.7 Å². The molecule has 3 aromatic rings. The highest BCUT2D eigenvalue weighted by Gasteiger charge is 2.20. The smallest absolute Gasteiger partial charge is 0.285 e. The molecule has 0 radical (unpaired) electrons. The Morgan fingerprint density at radius 1 is 1.36 bits per heavy atom. The van der Waals surface area contributed by atoms with Gasteiger partial charge < -0.3 is 0 Å². The first-order valence-corrected chi connectivity index (χ1v) is 8.27. The van der Waals surface area contributed by atoms with Crippen LogP contribution in [-0.2, 0) is 0 Å². The maximum absolute atomic E-state index is 14.2. The molecular formula is C16H10BrClFN3O3. The topological polar surface area (TPSA) is 78.0 Å². The summed E-state index contributed by atoms with van der Waals surface area (Å²) in [5.41, 5.74) is 0.198. The SMILES string of the molecule is C[C@@H](c1cc(Cl)ccc1F)n1c(=O)cnc2cc([N+](=O)[O-])c(Br)cc21. The lowest BCUT2D eigenvalue weighted by atomic mass is 10.1. The van der Waals surface area contributed by atoms with Gasteiger partial charge in [0.1, 0.15) is 5.82 Å². The molecule has 0 aliphatic heterocycles. The highest BCUT2D eigenvalue weighted by Crippen LogP contribution is 2.31. The van der Waals surface area contributed by atoms with Gasteiger partial charge in [0, 0.05) is 16.7 Å². The fourth-order valence-corrected chi connectivity index (χ4v) is 3.31. The summed E-state index contributed by atoms with van der Waals surface area (Å²) in [6.45, 7) is 1.64. The molecule has 1 heterocycles. The van der Waals surface area contributed by atoms with Gasteiger partial charge in [-0.05, 0) is 47.1 Å². The van der Waals surface area contributed by atoms with Crippen LogP contribution in [0.1, 0.15) is 18.5 Å². The Kier molecular flexibility index (Phi) is 4.57. The van der Waals surface area contributed by atoms with Crippen molar-refractivity contribution in [1.29, 1.82) is 0 Å². The van der Waals surface area contributed by atoms with Gasteiger partial charge in [0.15, 0.2) is 0 Å². The van der Waals surface area contributed by atoms with Crippen molar-refractivity contribution in [1.82, 2.24) is 9.55 Å². The Morgan fingerprint density at radius 3 is 2.76 bits per heavy atom. The van der Waals surface area contributed by atoms with Crippen molar-refractivity contribution in [2.24, 2.45) is 0 Å². The Bertz CT molecular complexity index is 1070. The van der Waals surface area contributed by atoms with Crippen molar-refractivity contribution in [2.75, 3.05) is 0 Å². The zero-order chi connectivity index (χ0) is 18.3. The van der Waals surface area contributed by atoms with Crippen molar-refractivity contribution >= 4 is 44.3 Å². The first-order chi connectivity index (χ1) is 11.8. The summed E-state index contributed by atoms with van der Waals surface area (Å²) in [6, 6.07) is 6.09. The minimum Gasteiger partial charge on any atom is -0.298 e. The number of hydrogen-bond acceptors (Lipinski definition) is 4. The van der Waals surface area contributed by atoms with Crippen LogP contribution in [0.2, 0.25) is 5.02 Å². The summed E-state index contributed by atoms with van der Waals surface area (Å²) in [6.07, 6.45) is 1.05. The summed E-state index contributed by atoms with van der Waals surface area (Å²) >= 11 is 9.07. The molecule has 0 saturated heterocycles. The third-order valence-electron chi connectivity index (χ3n) is 3.85. The molecule has 6 nitrogen and oxygen atoms in total. The van der Waals surface area contributed by atoms with E-state index < -0.39 is 22.3 Å². The second kappa shape index (κ2) is 6.53. The first-order valence-electron chi connectivity index (χ1n) is 7.09. The van der Waals surface area contributed by atoms with E-state index in [0.29, 0.717) is 10.5 Å². The molecule has 128 valence electrons. The van der Waals surface area contributed by atoms with Gasteiger partial charge in [-0.15, -0.1) is 0 Å². The number of fused-ring (bicyclic) bond motifs is 1. The van der Waals surface area contributed by atoms with Gasteiger partial charge in [-0.3, -0.25) is 19.5 Å². The van der Waals surface area contributed by atoms with E-state index in [1.54, 1.807) is 6.92 Å². The van der Waals surface area contributed by atoms with Crippen LogP contribution < -0.4 is 5.56 Å². The number of nitrogens with zero attached hydrogens (tertiary/aromatic N) is 3. The molecule has 0 unspecified atom stereocenters. The lowest BCUT2D eigenvalue weighted by Gasteiger charge is -2.19. The van der Waals surface area contributed by atoms with E-state index in [4.69, 9.17) is 11.6 Å². The lowest BCUT2D eigenvalue weighted by Crippen LogP contribution is -2.25. The van der Waals surface area contributed by atoms with Gasteiger partial charge in [0.2, 0.25) is 0 Å². The van der Waals surface area contributed by atoms with E-state index in [9.17, 15) is 19.3 Å². The Hall–Kier alpha value is -2.32. The van der Waals surface area contributed by atoms with Gasteiger partial charge in [-0.25, -0.2) is 9.37 Å². The highest BCUT2D eigenvalue weighted by atomic mass is 79.9. The molecule has 3 rings (SSSR count). The van der Waals surface area contributed by atoms with Crippen LogP contribution in [0, 0.1) is 15.9 Å². The van der Waals surface area contributed by atoms with Crippen LogP contribution in [0.15, 0.2) is 45.8 Å². The second-order valence-corrected chi connectivity index (χ2v) is 6.65. The third-order valence-corrected chi connectivity index (χ3v) is 4.72. The Morgan fingerprint density at radius 2 is 2.08 bits per heavy atom. The van der Waals surface area contributed by atoms with Crippen molar-refractivity contribution in [3.05, 3.63) is 77.9 Å². The predicted octanol–water partition coefficient (Wildman–Crippen LogP) is 4.47. The van der Waals surface area contributed by atoms with Crippen LogP contribution in [0.4, 0.5) is 10.1 Å². The van der Waals surface area contributed by atoms with Crippen molar-refractivity contribution in [2.45, 2.75) is 13.0 Å². The van der Waals surface area contributed by atoms with Crippen LogP contribution in [0.25, 0.3) is 11.0 Å². The molecule has 0 saturated carbocycles. The van der Waals surface area contributed by atoms with Crippen LogP contribution in [0.5, 0.6) is 0 Å². The molecule has 25 heavy (non-hydrogen) atoms. The maximum Gasteiger partial charge on any atom is 0.285 e. The normalized spacial score (nSPS) is 12.3. The molecule has 2 aromatic carbocycles. The average Bonchev–Trinajstić information content (AvgIpc) is 2.55. The summed E-state index contributed by atoms with van der Waals surface area (Å²) in [4.78, 5) is 26.8. The van der Waals surface area contributed by atoms with E-state index in [1.807, 2.05) is 0 Å². The molecule has 0 N–H and O–H groups in total. The summed E-state index contributed by atoms with van der Waals surface area (Å²) in [5, 5.41) is 11.4. The zero-order valence-corrected chi connectivity index (χ0v) is 15.1. The summed E-state index contributed by atoms with van der Waals surface area (Å²) in [7, 11) is 0. The van der Waals surface area contributed by atoms with E-state index in [0.717, 1.165) is 6.20 Å². The maximum atomic E-state index is 14.2. The predicted molar refractivity (Wildman–Crippen MR) is 95.6 cm³/mol. The lowest BCUT2D eigenvalue weighted by molar-refractivity contribution is -0.385. The van der Waals surface area contributed by atoms with E-state index >= 15 is 0 Å². The molecule has 9 heteroatoms. The molecule has 0 aliphatic rings. The van der Waals surface area contributed by atoms with Crippen LogP contribution in [0.3, 0.4) is 0 Å². The van der Waals surface area contributed by atoms with Gasteiger partial charge >= 0.3 is 0 Å². The van der Waals surface area contributed by atoms with Gasteiger partial charge in [-0.1, -0.05) is 11.6 Å². The number of nitro benzene ring substituents is 1. The highest BCUT2D eigenvalue weighted by molar-refractivity contribution is 9.10. The fourth-order valence-electron chi connectivity index (χ4n) is 2.66. The van der Waals surface area contributed by atoms with Crippen LogP contribution >= 0.6 is 27.5 Å².